The third-order valence-corrected chi connectivity index (χ3v) is 3.68. The Hall–Kier alpha value is -2.61. The van der Waals surface area contributed by atoms with Gasteiger partial charge in [0.2, 0.25) is 0 Å². The summed E-state index contributed by atoms with van der Waals surface area (Å²) in [6.07, 6.45) is 0.953. The van der Waals surface area contributed by atoms with E-state index in [0.717, 1.165) is 21.9 Å². The molecule has 0 unspecified atom stereocenters. The third kappa shape index (κ3) is 2.95. The number of para-hydroxylation sites is 1. The van der Waals surface area contributed by atoms with Crippen LogP contribution >= 0.6 is 0 Å². The van der Waals surface area contributed by atoms with Crippen LogP contribution in [0.15, 0.2) is 66.7 Å². The molecule has 3 aromatic carbocycles. The van der Waals surface area contributed by atoms with Gasteiger partial charge >= 0.3 is 0 Å². The van der Waals surface area contributed by atoms with Gasteiger partial charge < -0.3 is 5.11 Å². The van der Waals surface area contributed by atoms with Crippen molar-refractivity contribution < 1.29 is 9.90 Å². The van der Waals surface area contributed by atoms with E-state index < -0.39 is 0 Å². The van der Waals surface area contributed by atoms with Gasteiger partial charge in [-0.05, 0) is 34.9 Å². The maximum atomic E-state index is 12.3. The fraction of sp³-hybridized carbons (Fsp3) is 0.105. The average molecular weight is 276 g/mol. The molecule has 0 aliphatic heterocycles. The monoisotopic (exact) mass is 276 g/mol. The predicted molar refractivity (Wildman–Crippen MR) is 84.7 cm³/mol. The van der Waals surface area contributed by atoms with Crippen LogP contribution in [0.3, 0.4) is 0 Å². The predicted octanol–water partition coefficient (Wildman–Crippen LogP) is 4.36. The smallest absolute Gasteiger partial charge is 0.163 e. The second-order valence-electron chi connectivity index (χ2n) is 5.11. The van der Waals surface area contributed by atoms with E-state index in [9.17, 15) is 9.90 Å². The van der Waals surface area contributed by atoms with Gasteiger partial charge in [-0.15, -0.1) is 0 Å². The van der Waals surface area contributed by atoms with Gasteiger partial charge in [-0.3, -0.25) is 4.79 Å². The average Bonchev–Trinajstić information content (AvgIpc) is 2.53. The number of carbonyl (C=O) groups excluding carboxylic acids is 1. The van der Waals surface area contributed by atoms with Crippen molar-refractivity contribution in [2.24, 2.45) is 0 Å². The van der Waals surface area contributed by atoms with E-state index in [2.05, 4.69) is 0 Å². The van der Waals surface area contributed by atoms with Crippen molar-refractivity contribution in [3.8, 4) is 5.75 Å². The number of Topliss-reactive ketones (excluding diaryl/α,β-unsaturated/α-hetero) is 1. The number of hydrogen-bond acceptors (Lipinski definition) is 2. The summed E-state index contributed by atoms with van der Waals surface area (Å²) in [5.74, 6) is 0.354. The first-order valence-corrected chi connectivity index (χ1v) is 7.03. The Kier molecular flexibility index (Phi) is 3.69. The second-order valence-corrected chi connectivity index (χ2v) is 5.11. The molecular formula is C19H16O2. The van der Waals surface area contributed by atoms with Crippen molar-refractivity contribution in [3.05, 3.63) is 77.9 Å². The molecule has 0 heterocycles. The van der Waals surface area contributed by atoms with E-state index in [1.807, 2.05) is 54.6 Å². The van der Waals surface area contributed by atoms with E-state index in [-0.39, 0.29) is 11.5 Å². The van der Waals surface area contributed by atoms with Gasteiger partial charge in [0.05, 0.1) is 0 Å². The summed E-state index contributed by atoms with van der Waals surface area (Å²) < 4.78 is 0. The van der Waals surface area contributed by atoms with Gasteiger partial charge in [0.1, 0.15) is 5.75 Å². The standard InChI is InChI=1S/C19H16O2/c20-18-8-4-3-6-15(18)11-12-19(21)17-10-9-14-5-1-2-7-16(14)13-17/h1-10,13,20H,11-12H2. The number of hydrogen-bond donors (Lipinski definition) is 1. The van der Waals surface area contributed by atoms with E-state index >= 15 is 0 Å². The zero-order valence-corrected chi connectivity index (χ0v) is 11.6. The summed E-state index contributed by atoms with van der Waals surface area (Å²) in [5, 5.41) is 11.9. The summed E-state index contributed by atoms with van der Waals surface area (Å²) in [7, 11) is 0. The number of rotatable bonds is 4. The van der Waals surface area contributed by atoms with Gasteiger partial charge in [-0.1, -0.05) is 54.6 Å². The fourth-order valence-electron chi connectivity index (χ4n) is 2.48. The van der Waals surface area contributed by atoms with Crippen molar-refractivity contribution in [1.29, 1.82) is 0 Å². The topological polar surface area (TPSA) is 37.3 Å². The fourth-order valence-corrected chi connectivity index (χ4v) is 2.48. The van der Waals surface area contributed by atoms with E-state index in [1.165, 1.54) is 0 Å². The highest BCUT2D eigenvalue weighted by Gasteiger charge is 2.08. The molecule has 21 heavy (non-hydrogen) atoms. The lowest BCUT2D eigenvalue weighted by Crippen LogP contribution is -2.01. The normalized spacial score (nSPS) is 10.7. The lowest BCUT2D eigenvalue weighted by molar-refractivity contribution is 0.0983. The summed E-state index contributed by atoms with van der Waals surface area (Å²) in [6, 6.07) is 20.9. The summed E-state index contributed by atoms with van der Waals surface area (Å²) in [4.78, 5) is 12.3. The Morgan fingerprint density at radius 3 is 2.38 bits per heavy atom. The number of fused-ring (bicyclic) bond motifs is 1. The highest BCUT2D eigenvalue weighted by atomic mass is 16.3. The number of aromatic hydroxyl groups is 1. The summed E-state index contributed by atoms with van der Waals surface area (Å²) >= 11 is 0. The van der Waals surface area contributed by atoms with Gasteiger partial charge in [-0.2, -0.15) is 0 Å². The molecule has 0 saturated heterocycles. The second kappa shape index (κ2) is 5.80. The zero-order chi connectivity index (χ0) is 14.7. The molecule has 0 aromatic heterocycles. The molecule has 0 aliphatic rings. The molecule has 3 aromatic rings. The molecule has 0 spiro atoms. The van der Waals surface area contributed by atoms with Crippen molar-refractivity contribution in [3.63, 3.8) is 0 Å². The summed E-state index contributed by atoms with van der Waals surface area (Å²) in [6.45, 7) is 0. The molecule has 104 valence electrons. The molecule has 0 bridgehead atoms. The van der Waals surface area contributed by atoms with Crippen molar-refractivity contribution in [2.45, 2.75) is 12.8 Å². The number of phenolic OH excluding ortho intramolecular Hbond substituents is 1. The molecule has 0 saturated carbocycles. The minimum Gasteiger partial charge on any atom is -0.508 e. The summed E-state index contributed by atoms with van der Waals surface area (Å²) in [5.41, 5.74) is 1.54. The van der Waals surface area contributed by atoms with Crippen LogP contribution in [0.5, 0.6) is 5.75 Å². The highest BCUT2D eigenvalue weighted by molar-refractivity contribution is 6.00. The Bertz CT molecular complexity index is 790. The van der Waals surface area contributed by atoms with Gasteiger partial charge in [-0.25, -0.2) is 0 Å². The lowest BCUT2D eigenvalue weighted by Gasteiger charge is -2.05. The quantitative estimate of drug-likeness (QED) is 0.719. The number of benzene rings is 3. The minimum absolute atomic E-state index is 0.101. The first-order valence-electron chi connectivity index (χ1n) is 7.03. The SMILES string of the molecule is O=C(CCc1ccccc1O)c1ccc2ccccc2c1. The third-order valence-electron chi connectivity index (χ3n) is 3.68. The van der Waals surface area contributed by atoms with Crippen molar-refractivity contribution in [2.75, 3.05) is 0 Å². The molecule has 3 rings (SSSR count). The van der Waals surface area contributed by atoms with Crippen LogP contribution in [0, 0.1) is 0 Å². The molecule has 1 N–H and O–H groups in total. The minimum atomic E-state index is 0.101. The van der Waals surface area contributed by atoms with Crippen LogP contribution in [0.4, 0.5) is 0 Å². The number of carbonyl (C=O) groups is 1. The Morgan fingerprint density at radius 2 is 1.57 bits per heavy atom. The molecule has 0 atom stereocenters. The lowest BCUT2D eigenvalue weighted by atomic mass is 10.00. The van der Waals surface area contributed by atoms with Gasteiger partial charge in [0.15, 0.2) is 5.78 Å². The Balaban J connectivity index is 1.76. The Morgan fingerprint density at radius 1 is 0.857 bits per heavy atom. The van der Waals surface area contributed by atoms with Gasteiger partial charge in [0, 0.05) is 12.0 Å². The molecule has 0 fully saturated rings. The van der Waals surface area contributed by atoms with Crippen LogP contribution in [-0.2, 0) is 6.42 Å². The van der Waals surface area contributed by atoms with Crippen LogP contribution in [-0.4, -0.2) is 10.9 Å². The maximum Gasteiger partial charge on any atom is 0.163 e. The molecule has 2 heteroatoms. The molecule has 0 amide bonds. The van der Waals surface area contributed by atoms with Gasteiger partial charge in [0.25, 0.3) is 0 Å². The van der Waals surface area contributed by atoms with E-state index in [4.69, 9.17) is 0 Å². The molecule has 0 radical (unpaired) electrons. The Labute approximate surface area is 123 Å². The molecule has 2 nitrogen and oxygen atoms in total. The molecular weight excluding hydrogens is 260 g/mol. The van der Waals surface area contributed by atoms with Crippen molar-refractivity contribution in [1.82, 2.24) is 0 Å². The number of phenols is 1. The van der Waals surface area contributed by atoms with E-state index in [0.29, 0.717) is 12.8 Å². The molecule has 0 aliphatic carbocycles. The number of ketones is 1. The first kappa shape index (κ1) is 13.4. The van der Waals surface area contributed by atoms with Crippen LogP contribution in [0.25, 0.3) is 10.8 Å². The largest absolute Gasteiger partial charge is 0.508 e. The first-order chi connectivity index (χ1) is 10.2. The van der Waals surface area contributed by atoms with Crippen LogP contribution in [0.1, 0.15) is 22.3 Å². The van der Waals surface area contributed by atoms with Crippen LogP contribution < -0.4 is 0 Å². The zero-order valence-electron chi connectivity index (χ0n) is 11.6. The maximum absolute atomic E-state index is 12.3. The number of aryl methyl sites for hydroxylation is 1. The van der Waals surface area contributed by atoms with Crippen LogP contribution in [0.2, 0.25) is 0 Å². The van der Waals surface area contributed by atoms with E-state index in [1.54, 1.807) is 12.1 Å². The van der Waals surface area contributed by atoms with Crippen molar-refractivity contribution >= 4 is 16.6 Å². The highest BCUT2D eigenvalue weighted by Crippen LogP contribution is 2.20.